The summed E-state index contributed by atoms with van der Waals surface area (Å²) in [5, 5.41) is 31.2. The highest BCUT2D eigenvalue weighted by Gasteiger charge is 2.59. The van der Waals surface area contributed by atoms with Gasteiger partial charge in [-0.25, -0.2) is 23.1 Å². The van der Waals surface area contributed by atoms with E-state index in [1.807, 2.05) is 11.8 Å². The summed E-state index contributed by atoms with van der Waals surface area (Å²) < 4.78 is 82.5. The molecule has 0 spiro atoms. The molecule has 81 heavy (non-hydrogen) atoms. The number of rotatable bonds is 46. The van der Waals surface area contributed by atoms with E-state index < -0.39 is 99.2 Å². The van der Waals surface area contributed by atoms with Gasteiger partial charge < -0.3 is 69.9 Å². The number of aliphatic hydroxyl groups is 2. The van der Waals surface area contributed by atoms with Gasteiger partial charge in [-0.1, -0.05) is 122 Å². The van der Waals surface area contributed by atoms with Gasteiger partial charge in [0, 0.05) is 36.8 Å². The zero-order chi connectivity index (χ0) is 59.9. The van der Waals surface area contributed by atoms with Gasteiger partial charge in [-0.15, -0.1) is 0 Å². The third kappa shape index (κ3) is 33.0. The lowest BCUT2D eigenvalue weighted by Gasteiger charge is -2.45. The van der Waals surface area contributed by atoms with Crippen LogP contribution in [-0.4, -0.2) is 154 Å². The Bertz CT molecular complexity index is 2050. The van der Waals surface area contributed by atoms with Crippen LogP contribution in [0.4, 0.5) is 4.79 Å². The van der Waals surface area contributed by atoms with E-state index in [1.165, 1.54) is 38.5 Å². The summed E-state index contributed by atoms with van der Waals surface area (Å²) in [4.78, 5) is 117. The molecule has 3 aliphatic rings. The highest BCUT2D eigenvalue weighted by atomic mass is 32.2. The number of carbonyl (C=O) groups is 4. The number of esters is 2. The van der Waals surface area contributed by atoms with Gasteiger partial charge in [-0.05, 0) is 57.8 Å². The zero-order valence-electron chi connectivity index (χ0n) is 46.4. The number of nitrogens with one attached hydrogen (secondary N) is 3. The molecular weight excluding hydrogens is 1170 g/mol. The number of allylic oxidation sites excluding steroid dienone is 2. The van der Waals surface area contributed by atoms with E-state index in [9.17, 15) is 81.9 Å². The molecule has 3 rings (SSSR count). The highest BCUT2D eigenvalue weighted by molar-refractivity contribution is 8.00. The van der Waals surface area contributed by atoms with Crippen LogP contribution in [0.15, 0.2) is 12.2 Å². The molecule has 2 aliphatic heterocycles. The van der Waals surface area contributed by atoms with Gasteiger partial charge in [0.2, 0.25) is 5.91 Å². The lowest BCUT2D eigenvalue weighted by Crippen LogP contribution is -2.65. The SMILES string of the molecule is CCCCCCCCC=CCCCCCCCC(=O)OCC(COP(=O)(O)OC1C(O)C(OP(=O)(O)O)C(OP(=O)(O)O)C(OP(=O)(O)O)C1O)OC(=O)CCCCCCCCCCCNC(=O)CCCCC1SCC2NC(=O)NC21. The number of hydrogen-bond donors (Lipinski definition) is 12. The predicted octanol–water partition coefficient (Wildman–Crippen LogP) is 6.89. The topological polar surface area (TPSA) is 419 Å². The first-order valence-corrected chi connectivity index (χ1v) is 35.6. The third-order valence-corrected chi connectivity index (χ3v) is 17.8. The van der Waals surface area contributed by atoms with E-state index in [4.69, 9.17) is 18.5 Å². The van der Waals surface area contributed by atoms with Crippen molar-refractivity contribution in [3.63, 3.8) is 0 Å². The first-order chi connectivity index (χ1) is 38.3. The molecule has 0 aromatic heterocycles. The fourth-order valence-corrected chi connectivity index (χ4v) is 13.9. The van der Waals surface area contributed by atoms with Crippen molar-refractivity contribution in [3.05, 3.63) is 12.2 Å². The van der Waals surface area contributed by atoms with E-state index in [0.29, 0.717) is 37.5 Å². The zero-order valence-corrected chi connectivity index (χ0v) is 50.8. The number of thioether (sulfide) groups is 1. The summed E-state index contributed by atoms with van der Waals surface area (Å²) in [7, 11) is -23.1. The molecule has 0 radical (unpaired) electrons. The minimum absolute atomic E-state index is 0.00413. The highest BCUT2D eigenvalue weighted by Crippen LogP contribution is 2.53. The molecule has 3 amide bonds. The second kappa shape index (κ2) is 39.0. The Morgan fingerprint density at radius 3 is 1.62 bits per heavy atom. The van der Waals surface area contributed by atoms with Crippen LogP contribution >= 0.6 is 43.1 Å². The number of phosphoric ester groups is 4. The average Bonchev–Trinajstić information content (AvgIpc) is 4.05. The van der Waals surface area contributed by atoms with E-state index in [2.05, 4.69) is 48.6 Å². The monoisotopic (exact) mass is 1260 g/mol. The van der Waals surface area contributed by atoms with Crippen LogP contribution < -0.4 is 16.0 Å². The van der Waals surface area contributed by atoms with Gasteiger partial charge in [0.1, 0.15) is 43.2 Å². The standard InChI is InChI=1S/C49H91N3O24P4S/c1-2-3-4-5-6-7-8-9-10-11-12-14-17-20-23-30-40(54)70-33-36(34-71-80(68,69)76-45-43(56)46(73-77(59,60)61)48(75-79(65,66)67)47(44(45)57)74-78(62,63)64)72-41(55)31-24-21-18-15-13-16-19-22-27-32-50-39(53)29-26-25-28-38-42-37(35-81-38)51-49(58)52-42/h9-10,36-38,42-48,56-57H,2-8,11-35H2,1H3,(H,50,53)(H,68,69)(H2,51,52,58)(H2,59,60,61)(H2,62,63,64)(H2,65,66,67). The number of urea groups is 1. The molecule has 3 fully saturated rings. The Labute approximate surface area is 479 Å². The van der Waals surface area contributed by atoms with Gasteiger partial charge in [0.25, 0.3) is 0 Å². The molecule has 0 bridgehead atoms. The van der Waals surface area contributed by atoms with Crippen molar-refractivity contribution in [2.75, 3.05) is 25.5 Å². The Morgan fingerprint density at radius 1 is 0.593 bits per heavy atom. The fraction of sp³-hybridized carbons (Fsp3) is 0.878. The number of fused-ring (bicyclic) bond motifs is 1. The normalized spacial score (nSPS) is 24.3. The Morgan fingerprint density at radius 2 is 1.07 bits per heavy atom. The average molecular weight is 1260 g/mol. The van der Waals surface area contributed by atoms with E-state index in [1.54, 1.807) is 0 Å². The van der Waals surface area contributed by atoms with Gasteiger partial charge in [-0.3, -0.25) is 37.0 Å². The molecule has 9 unspecified atom stereocenters. The third-order valence-electron chi connectivity index (χ3n) is 13.8. The van der Waals surface area contributed by atoms with Crippen LogP contribution in [0.25, 0.3) is 0 Å². The molecule has 1 saturated carbocycles. The maximum absolute atomic E-state index is 13.3. The fourth-order valence-electron chi connectivity index (χ4n) is 9.66. The van der Waals surface area contributed by atoms with Gasteiger partial charge >= 0.3 is 49.3 Å². The minimum atomic E-state index is -5.81. The van der Waals surface area contributed by atoms with Crippen molar-refractivity contribution >= 4 is 66.9 Å². The van der Waals surface area contributed by atoms with Gasteiger partial charge in [0.15, 0.2) is 6.10 Å². The van der Waals surface area contributed by atoms with Crippen LogP contribution in [0, 0.1) is 0 Å². The molecule has 27 nitrogen and oxygen atoms in total. The summed E-state index contributed by atoms with van der Waals surface area (Å²) in [5.41, 5.74) is 0. The predicted molar refractivity (Wildman–Crippen MR) is 297 cm³/mol. The molecule has 1 aliphatic carbocycles. The van der Waals surface area contributed by atoms with Crippen molar-refractivity contribution in [1.82, 2.24) is 16.0 Å². The second-order valence-electron chi connectivity index (χ2n) is 20.8. The largest absolute Gasteiger partial charge is 0.472 e. The lowest BCUT2D eigenvalue weighted by molar-refractivity contribution is -0.209. The van der Waals surface area contributed by atoms with Crippen molar-refractivity contribution in [3.8, 4) is 0 Å². The van der Waals surface area contributed by atoms with E-state index >= 15 is 0 Å². The van der Waals surface area contributed by atoms with Crippen LogP contribution in [0.2, 0.25) is 0 Å². The van der Waals surface area contributed by atoms with E-state index in [0.717, 1.165) is 108 Å². The van der Waals surface area contributed by atoms with Crippen LogP contribution in [-0.2, 0) is 64.7 Å². The van der Waals surface area contributed by atoms with Crippen molar-refractivity contribution < 1.29 is 114 Å². The smallest absolute Gasteiger partial charge is 0.462 e. The summed E-state index contributed by atoms with van der Waals surface area (Å²) in [5.74, 6) is -0.512. The van der Waals surface area contributed by atoms with Crippen LogP contribution in [0.1, 0.15) is 187 Å². The summed E-state index contributed by atoms with van der Waals surface area (Å²) in [6.45, 7) is 1.11. The molecular formula is C49H91N3O24P4S. The molecule has 2 saturated heterocycles. The second-order valence-corrected chi connectivity index (χ2v) is 27.0. The Kier molecular flexibility index (Phi) is 35.4. The molecule has 0 aromatic carbocycles. The molecule has 9 atom stereocenters. The summed E-state index contributed by atoms with van der Waals surface area (Å²) in [6.07, 6.45) is 10.6. The summed E-state index contributed by atoms with van der Waals surface area (Å²) >= 11 is 1.86. The number of amides is 3. The number of aliphatic hydroxyl groups excluding tert-OH is 2. The summed E-state index contributed by atoms with van der Waals surface area (Å²) in [6, 6.07) is 0.253. The molecule has 32 heteroatoms. The van der Waals surface area contributed by atoms with Gasteiger partial charge in [0.05, 0.1) is 18.7 Å². The molecule has 0 aromatic rings. The molecule has 2 heterocycles. The van der Waals surface area contributed by atoms with Crippen molar-refractivity contribution in [2.45, 2.75) is 247 Å². The molecule has 12 N–H and O–H groups in total. The van der Waals surface area contributed by atoms with E-state index in [-0.39, 0.29) is 36.9 Å². The Balaban J connectivity index is 1.44. The first kappa shape index (κ1) is 73.4. The van der Waals surface area contributed by atoms with Crippen molar-refractivity contribution in [1.29, 1.82) is 0 Å². The molecule has 472 valence electrons. The number of phosphoric acid groups is 4. The van der Waals surface area contributed by atoms with Gasteiger partial charge in [-0.2, -0.15) is 11.8 Å². The quantitative estimate of drug-likeness (QED) is 0.00969. The minimum Gasteiger partial charge on any atom is -0.462 e. The number of ether oxygens (including phenoxy) is 2. The first-order valence-electron chi connectivity index (χ1n) is 28.5. The maximum atomic E-state index is 13.3. The number of carbonyl (C=O) groups excluding carboxylic acids is 4. The lowest BCUT2D eigenvalue weighted by atomic mass is 9.85. The van der Waals surface area contributed by atoms with Crippen LogP contribution in [0.3, 0.4) is 0 Å². The maximum Gasteiger partial charge on any atom is 0.472 e. The number of unbranched alkanes of at least 4 members (excludes halogenated alkanes) is 20. The van der Waals surface area contributed by atoms with Crippen molar-refractivity contribution in [2.24, 2.45) is 0 Å². The Hall–Kier alpha value is -1.87. The number of hydrogen-bond acceptors (Lipinski definition) is 18. The van der Waals surface area contributed by atoms with Crippen LogP contribution in [0.5, 0.6) is 0 Å².